The molecule has 2 aromatic carbocycles. The number of ether oxygens (including phenoxy) is 1. The lowest BCUT2D eigenvalue weighted by molar-refractivity contribution is -0.193. The Morgan fingerprint density at radius 2 is 1.45 bits per heavy atom. The number of carbonyl (C=O) groups is 3. The van der Waals surface area contributed by atoms with E-state index >= 15 is 0 Å². The van der Waals surface area contributed by atoms with Crippen molar-refractivity contribution >= 4 is 29.5 Å². The van der Waals surface area contributed by atoms with Crippen LogP contribution in [0.2, 0.25) is 5.02 Å². The minimum absolute atomic E-state index is 0.0150. The van der Waals surface area contributed by atoms with E-state index in [1.807, 2.05) is 12.1 Å². The number of rotatable bonds is 11. The fraction of sp³-hybridized carbons (Fsp3) is 0.483. The van der Waals surface area contributed by atoms with Gasteiger partial charge in [0.25, 0.3) is 0 Å². The fourth-order valence-corrected chi connectivity index (χ4v) is 4.04. The maximum atomic E-state index is 13.6. The first-order valence-electron chi connectivity index (χ1n) is 13.7. The molecule has 1 atom stereocenters. The second-order valence-corrected chi connectivity index (χ2v) is 11.0. The van der Waals surface area contributed by atoms with Crippen molar-refractivity contribution < 1.29 is 70.3 Å². The first kappa shape index (κ1) is 41.4. The monoisotopic (exact) mass is 706 g/mol. The topological polar surface area (TPSA) is 157 Å². The molecule has 5 N–H and O–H groups in total. The van der Waals surface area contributed by atoms with Gasteiger partial charge in [0, 0.05) is 30.6 Å². The third-order valence-electron chi connectivity index (χ3n) is 6.33. The number of nitrogens with one attached hydrogen (secondary N) is 1. The number of aliphatic carboxylic acids is 3. The highest BCUT2D eigenvalue weighted by molar-refractivity contribution is 6.30. The van der Waals surface area contributed by atoms with Gasteiger partial charge in [0.05, 0.1) is 0 Å². The first-order valence-corrected chi connectivity index (χ1v) is 14.1. The van der Waals surface area contributed by atoms with E-state index in [0.29, 0.717) is 23.9 Å². The highest BCUT2D eigenvalue weighted by atomic mass is 35.5. The highest BCUT2D eigenvalue weighted by Crippen LogP contribution is 2.23. The van der Waals surface area contributed by atoms with E-state index < -0.39 is 41.7 Å². The van der Waals surface area contributed by atoms with Crippen molar-refractivity contribution in [2.45, 2.75) is 63.1 Å². The van der Waals surface area contributed by atoms with Gasteiger partial charge in [0.15, 0.2) is 0 Å². The fourth-order valence-electron chi connectivity index (χ4n) is 3.92. The molecule has 264 valence electrons. The molecular weight excluding hydrogens is 673 g/mol. The minimum Gasteiger partial charge on any atom is -0.490 e. The Bertz CT molecular complexity index is 1280. The van der Waals surface area contributed by atoms with E-state index in [-0.39, 0.29) is 19.4 Å². The summed E-state index contributed by atoms with van der Waals surface area (Å²) in [6.07, 6.45) is -8.14. The number of alkyl halides is 6. The van der Waals surface area contributed by atoms with Crippen molar-refractivity contribution in [1.82, 2.24) is 10.2 Å². The molecular formula is C29H34ClF7N2O8. The number of aliphatic hydroxyl groups is 1. The zero-order valence-electron chi connectivity index (χ0n) is 24.9. The van der Waals surface area contributed by atoms with Crippen molar-refractivity contribution in [1.29, 1.82) is 0 Å². The van der Waals surface area contributed by atoms with Crippen molar-refractivity contribution in [3.8, 4) is 5.75 Å². The standard InChI is InChI=1S/C25H32ClFN2O4.2C2HF3O2/c1-25(32,17-33-23-8-7-21(27)14-19(23)4-9-24(30)31)16-28-22-10-12-29(13-11-22)15-18-2-5-20(26)6-3-18;2*3-2(4,5)1(6)7/h2-3,5-8,14,22,28,32H,4,9-13,15-17H2,1H3,(H,30,31);2*(H,6,7)/t25-;;/m0../s1. The number of likely N-dealkylation sites (tertiary alicyclic amines) is 1. The lowest BCUT2D eigenvalue weighted by Gasteiger charge is -2.34. The van der Waals surface area contributed by atoms with Crippen molar-refractivity contribution in [3.05, 3.63) is 64.4 Å². The molecule has 0 aliphatic carbocycles. The number of aryl methyl sites for hydroxylation is 1. The molecule has 18 heteroatoms. The molecule has 1 saturated heterocycles. The average Bonchev–Trinajstić information content (AvgIpc) is 2.96. The van der Waals surface area contributed by atoms with E-state index in [1.54, 1.807) is 6.92 Å². The normalized spacial score (nSPS) is 15.3. The quantitative estimate of drug-likeness (QED) is 0.198. The van der Waals surface area contributed by atoms with Gasteiger partial charge in [-0.15, -0.1) is 0 Å². The maximum Gasteiger partial charge on any atom is 0.490 e. The number of hydrogen-bond donors (Lipinski definition) is 5. The predicted octanol–water partition coefficient (Wildman–Crippen LogP) is 5.15. The molecule has 0 bridgehead atoms. The highest BCUT2D eigenvalue weighted by Gasteiger charge is 2.39. The summed E-state index contributed by atoms with van der Waals surface area (Å²) in [4.78, 5) is 31.1. The van der Waals surface area contributed by atoms with Crippen LogP contribution in [0.5, 0.6) is 5.75 Å². The minimum atomic E-state index is -5.08. The second-order valence-electron chi connectivity index (χ2n) is 10.6. The number of carboxylic acid groups (broad SMARTS) is 3. The molecule has 10 nitrogen and oxygen atoms in total. The lowest BCUT2D eigenvalue weighted by Crippen LogP contribution is -2.49. The summed E-state index contributed by atoms with van der Waals surface area (Å²) in [6, 6.07) is 12.3. The molecule has 1 fully saturated rings. The van der Waals surface area contributed by atoms with Crippen molar-refractivity contribution in [3.63, 3.8) is 0 Å². The van der Waals surface area contributed by atoms with E-state index in [9.17, 15) is 40.6 Å². The van der Waals surface area contributed by atoms with Crippen LogP contribution in [0.1, 0.15) is 37.3 Å². The summed E-state index contributed by atoms with van der Waals surface area (Å²) in [5.41, 5.74) is 0.599. The molecule has 1 aliphatic rings. The average molecular weight is 707 g/mol. The van der Waals surface area contributed by atoms with Crippen LogP contribution in [0.25, 0.3) is 0 Å². The SMILES string of the molecule is C[C@](O)(CNC1CCN(Cc2ccc(Cl)cc2)CC1)COc1ccc(F)cc1CCC(=O)O.O=C(O)C(F)(F)F.O=C(O)C(F)(F)F. The van der Waals surface area contributed by atoms with Crippen molar-refractivity contribution in [2.75, 3.05) is 26.2 Å². The summed E-state index contributed by atoms with van der Waals surface area (Å²) in [5.74, 6) is -6.52. The van der Waals surface area contributed by atoms with Gasteiger partial charge in [0.2, 0.25) is 0 Å². The first-order chi connectivity index (χ1) is 21.6. The summed E-state index contributed by atoms with van der Waals surface area (Å²) in [7, 11) is 0. The van der Waals surface area contributed by atoms with Gasteiger partial charge in [-0.1, -0.05) is 23.7 Å². The molecule has 1 heterocycles. The smallest absolute Gasteiger partial charge is 0.490 e. The zero-order valence-corrected chi connectivity index (χ0v) is 25.6. The Morgan fingerprint density at radius 1 is 0.936 bits per heavy atom. The van der Waals surface area contributed by atoms with Crippen LogP contribution in [-0.2, 0) is 27.3 Å². The molecule has 0 aromatic heterocycles. The van der Waals surface area contributed by atoms with Crippen LogP contribution in [0.3, 0.4) is 0 Å². The molecule has 0 amide bonds. The number of piperidine rings is 1. The lowest BCUT2D eigenvalue weighted by atomic mass is 10.0. The summed E-state index contributed by atoms with van der Waals surface area (Å²) >= 11 is 5.95. The van der Waals surface area contributed by atoms with Gasteiger partial charge >= 0.3 is 30.3 Å². The van der Waals surface area contributed by atoms with Crippen LogP contribution in [0, 0.1) is 5.82 Å². The van der Waals surface area contributed by atoms with Gasteiger partial charge in [0.1, 0.15) is 23.8 Å². The Morgan fingerprint density at radius 3 is 1.91 bits per heavy atom. The summed E-state index contributed by atoms with van der Waals surface area (Å²) < 4.78 is 82.8. The summed E-state index contributed by atoms with van der Waals surface area (Å²) in [6.45, 7) is 4.91. The van der Waals surface area contributed by atoms with Gasteiger partial charge in [-0.3, -0.25) is 9.69 Å². The molecule has 0 spiro atoms. The predicted molar refractivity (Wildman–Crippen MR) is 154 cm³/mol. The number of hydrogen-bond acceptors (Lipinski definition) is 7. The number of carboxylic acids is 3. The van der Waals surface area contributed by atoms with Gasteiger partial charge < -0.3 is 30.5 Å². The summed E-state index contributed by atoms with van der Waals surface area (Å²) in [5, 5.41) is 38.1. The number of nitrogens with zero attached hydrogens (tertiary/aromatic N) is 1. The van der Waals surface area contributed by atoms with E-state index in [0.717, 1.165) is 37.5 Å². The molecule has 47 heavy (non-hydrogen) atoms. The maximum absolute atomic E-state index is 13.6. The third kappa shape index (κ3) is 17.7. The van der Waals surface area contributed by atoms with Gasteiger partial charge in [-0.05, 0) is 80.7 Å². The molecule has 0 saturated carbocycles. The molecule has 2 aromatic rings. The Kier molecular flexibility index (Phi) is 16.4. The third-order valence-corrected chi connectivity index (χ3v) is 6.58. The van der Waals surface area contributed by atoms with Gasteiger partial charge in [-0.25, -0.2) is 14.0 Å². The number of halogens is 8. The Labute approximate surface area is 269 Å². The molecule has 0 radical (unpaired) electrons. The Hall–Kier alpha value is -3.67. The molecule has 1 aliphatic heterocycles. The van der Waals surface area contributed by atoms with E-state index in [4.69, 9.17) is 41.2 Å². The van der Waals surface area contributed by atoms with Crippen LogP contribution in [0.4, 0.5) is 30.7 Å². The van der Waals surface area contributed by atoms with Crippen molar-refractivity contribution in [2.24, 2.45) is 0 Å². The van der Waals surface area contributed by atoms with E-state index in [1.165, 1.54) is 23.8 Å². The van der Waals surface area contributed by atoms with E-state index in [2.05, 4.69) is 22.3 Å². The zero-order chi connectivity index (χ0) is 36.0. The molecule has 0 unspecified atom stereocenters. The van der Waals surface area contributed by atoms with Crippen LogP contribution in [0.15, 0.2) is 42.5 Å². The Balaban J connectivity index is 0.000000658. The largest absolute Gasteiger partial charge is 0.490 e. The second kappa shape index (κ2) is 18.6. The van der Waals surface area contributed by atoms with Gasteiger partial charge in [-0.2, -0.15) is 26.3 Å². The number of benzene rings is 2. The van der Waals surface area contributed by atoms with Crippen LogP contribution in [-0.4, -0.2) is 93.5 Å². The van der Waals surface area contributed by atoms with Crippen LogP contribution < -0.4 is 10.1 Å². The molecule has 3 rings (SSSR count). The van der Waals surface area contributed by atoms with Crippen LogP contribution >= 0.6 is 11.6 Å².